The Morgan fingerprint density at radius 2 is 1.94 bits per heavy atom. The first-order valence-electron chi connectivity index (χ1n) is 5.53. The molecule has 0 saturated heterocycles. The standard InChI is InChI=1S/C13H19Cl2N/c1-9(2)13(3,8-16)7-10-6-11(14)4-5-12(10)15/h4-6,9H,7-8,16H2,1-3H3. The fourth-order valence-corrected chi connectivity index (χ4v) is 2.00. The maximum atomic E-state index is 6.16. The molecule has 2 N–H and O–H groups in total. The second kappa shape index (κ2) is 5.39. The summed E-state index contributed by atoms with van der Waals surface area (Å²) in [4.78, 5) is 0. The van der Waals surface area contributed by atoms with Crippen LogP contribution in [0.4, 0.5) is 0 Å². The van der Waals surface area contributed by atoms with Gasteiger partial charge in [-0.2, -0.15) is 0 Å². The fourth-order valence-electron chi connectivity index (χ4n) is 1.63. The lowest BCUT2D eigenvalue weighted by atomic mass is 9.74. The highest BCUT2D eigenvalue weighted by atomic mass is 35.5. The molecular formula is C13H19Cl2N. The molecule has 90 valence electrons. The minimum atomic E-state index is 0.0638. The van der Waals surface area contributed by atoms with Gasteiger partial charge in [-0.25, -0.2) is 0 Å². The van der Waals surface area contributed by atoms with Crippen LogP contribution < -0.4 is 5.73 Å². The summed E-state index contributed by atoms with van der Waals surface area (Å²) in [5.74, 6) is 0.507. The Morgan fingerprint density at radius 3 is 2.44 bits per heavy atom. The van der Waals surface area contributed by atoms with Crippen LogP contribution in [0.3, 0.4) is 0 Å². The average Bonchev–Trinajstić information content (AvgIpc) is 2.23. The fraction of sp³-hybridized carbons (Fsp3) is 0.538. The summed E-state index contributed by atoms with van der Waals surface area (Å²) in [6.45, 7) is 7.21. The number of hydrogen-bond donors (Lipinski definition) is 1. The molecule has 0 fully saturated rings. The van der Waals surface area contributed by atoms with Crippen molar-refractivity contribution in [3.63, 3.8) is 0 Å². The van der Waals surface area contributed by atoms with Crippen molar-refractivity contribution in [3.8, 4) is 0 Å². The van der Waals surface area contributed by atoms with Crippen LogP contribution in [0.5, 0.6) is 0 Å². The van der Waals surface area contributed by atoms with Gasteiger partial charge >= 0.3 is 0 Å². The van der Waals surface area contributed by atoms with Crippen LogP contribution in [-0.4, -0.2) is 6.54 Å². The van der Waals surface area contributed by atoms with Crippen LogP contribution in [-0.2, 0) is 6.42 Å². The molecule has 1 nitrogen and oxygen atoms in total. The van der Waals surface area contributed by atoms with E-state index in [0.29, 0.717) is 12.5 Å². The maximum Gasteiger partial charge on any atom is 0.0439 e. The van der Waals surface area contributed by atoms with Crippen LogP contribution >= 0.6 is 23.2 Å². The summed E-state index contributed by atoms with van der Waals surface area (Å²) >= 11 is 12.1. The predicted molar refractivity (Wildman–Crippen MR) is 72.2 cm³/mol. The Bertz CT molecular complexity index is 363. The van der Waals surface area contributed by atoms with Crippen molar-refractivity contribution in [1.29, 1.82) is 0 Å². The molecule has 1 rings (SSSR count). The van der Waals surface area contributed by atoms with Gasteiger partial charge in [0, 0.05) is 10.0 Å². The van der Waals surface area contributed by atoms with Gasteiger partial charge in [-0.1, -0.05) is 44.0 Å². The zero-order valence-corrected chi connectivity index (χ0v) is 11.6. The molecule has 3 heteroatoms. The SMILES string of the molecule is CC(C)C(C)(CN)Cc1cc(Cl)ccc1Cl. The number of hydrogen-bond acceptors (Lipinski definition) is 1. The largest absolute Gasteiger partial charge is 0.330 e. The van der Waals surface area contributed by atoms with Crippen molar-refractivity contribution in [2.45, 2.75) is 27.2 Å². The minimum Gasteiger partial charge on any atom is -0.330 e. The third-order valence-corrected chi connectivity index (χ3v) is 4.07. The van der Waals surface area contributed by atoms with Crippen molar-refractivity contribution >= 4 is 23.2 Å². The molecule has 1 aromatic rings. The van der Waals surface area contributed by atoms with Gasteiger partial charge < -0.3 is 5.73 Å². The molecule has 0 radical (unpaired) electrons. The van der Waals surface area contributed by atoms with E-state index in [-0.39, 0.29) is 5.41 Å². The van der Waals surface area contributed by atoms with Gasteiger partial charge in [0.15, 0.2) is 0 Å². The van der Waals surface area contributed by atoms with E-state index in [2.05, 4.69) is 20.8 Å². The molecule has 0 aliphatic heterocycles. The van der Waals surface area contributed by atoms with Gasteiger partial charge in [0.05, 0.1) is 0 Å². The van der Waals surface area contributed by atoms with Crippen LogP contribution in [0.15, 0.2) is 18.2 Å². The first kappa shape index (κ1) is 13.8. The number of benzene rings is 1. The lowest BCUT2D eigenvalue weighted by Crippen LogP contribution is -2.34. The van der Waals surface area contributed by atoms with Crippen molar-refractivity contribution in [1.82, 2.24) is 0 Å². The van der Waals surface area contributed by atoms with E-state index in [1.165, 1.54) is 0 Å². The Morgan fingerprint density at radius 1 is 1.31 bits per heavy atom. The van der Waals surface area contributed by atoms with E-state index >= 15 is 0 Å². The molecule has 1 atom stereocenters. The molecule has 1 unspecified atom stereocenters. The Labute approximate surface area is 108 Å². The van der Waals surface area contributed by atoms with Crippen molar-refractivity contribution in [3.05, 3.63) is 33.8 Å². The highest BCUT2D eigenvalue weighted by molar-refractivity contribution is 6.33. The smallest absolute Gasteiger partial charge is 0.0439 e. The highest BCUT2D eigenvalue weighted by Crippen LogP contribution is 2.33. The van der Waals surface area contributed by atoms with Gasteiger partial charge in [-0.3, -0.25) is 0 Å². The maximum absolute atomic E-state index is 6.16. The summed E-state index contributed by atoms with van der Waals surface area (Å²) in [5, 5.41) is 1.49. The van der Waals surface area contributed by atoms with Crippen molar-refractivity contribution < 1.29 is 0 Å². The summed E-state index contributed by atoms with van der Waals surface area (Å²) in [5.41, 5.74) is 7.01. The van der Waals surface area contributed by atoms with E-state index < -0.39 is 0 Å². The highest BCUT2D eigenvalue weighted by Gasteiger charge is 2.27. The third kappa shape index (κ3) is 3.13. The minimum absolute atomic E-state index is 0.0638. The van der Waals surface area contributed by atoms with Gasteiger partial charge in [0.2, 0.25) is 0 Å². The van der Waals surface area contributed by atoms with Crippen molar-refractivity contribution in [2.75, 3.05) is 6.54 Å². The first-order valence-corrected chi connectivity index (χ1v) is 6.28. The molecule has 0 amide bonds. The molecule has 0 aliphatic carbocycles. The second-order valence-electron chi connectivity index (χ2n) is 4.93. The second-order valence-corrected chi connectivity index (χ2v) is 5.77. The number of nitrogens with two attached hydrogens (primary N) is 1. The lowest BCUT2D eigenvalue weighted by molar-refractivity contribution is 0.227. The molecule has 0 heterocycles. The quantitative estimate of drug-likeness (QED) is 0.864. The zero-order valence-electron chi connectivity index (χ0n) is 10.1. The molecule has 0 spiro atoms. The molecule has 0 bridgehead atoms. The molecule has 0 saturated carbocycles. The third-order valence-electron chi connectivity index (χ3n) is 3.46. The molecule has 0 aliphatic rings. The van der Waals surface area contributed by atoms with Crippen LogP contribution in [0.2, 0.25) is 10.0 Å². The lowest BCUT2D eigenvalue weighted by Gasteiger charge is -2.33. The van der Waals surface area contributed by atoms with Gasteiger partial charge in [0.25, 0.3) is 0 Å². The zero-order chi connectivity index (χ0) is 12.3. The Kier molecular flexibility index (Phi) is 4.66. The van der Waals surface area contributed by atoms with Gasteiger partial charge in [-0.05, 0) is 48.1 Å². The molecular weight excluding hydrogens is 241 g/mol. The van der Waals surface area contributed by atoms with E-state index in [1.54, 1.807) is 0 Å². The van der Waals surface area contributed by atoms with Crippen LogP contribution in [0.1, 0.15) is 26.3 Å². The van der Waals surface area contributed by atoms with E-state index in [1.807, 2.05) is 18.2 Å². The van der Waals surface area contributed by atoms with Gasteiger partial charge in [-0.15, -0.1) is 0 Å². The number of halogens is 2. The van der Waals surface area contributed by atoms with Crippen LogP contribution in [0.25, 0.3) is 0 Å². The Balaban J connectivity index is 2.98. The normalized spacial score (nSPS) is 15.2. The monoisotopic (exact) mass is 259 g/mol. The average molecular weight is 260 g/mol. The molecule has 16 heavy (non-hydrogen) atoms. The van der Waals surface area contributed by atoms with E-state index in [9.17, 15) is 0 Å². The van der Waals surface area contributed by atoms with E-state index in [0.717, 1.165) is 22.0 Å². The van der Waals surface area contributed by atoms with Crippen molar-refractivity contribution in [2.24, 2.45) is 17.1 Å². The van der Waals surface area contributed by atoms with Crippen LogP contribution in [0, 0.1) is 11.3 Å². The molecule has 0 aromatic heterocycles. The first-order chi connectivity index (χ1) is 7.39. The Hall–Kier alpha value is -0.240. The summed E-state index contributed by atoms with van der Waals surface area (Å²) in [7, 11) is 0. The molecule has 1 aromatic carbocycles. The summed E-state index contributed by atoms with van der Waals surface area (Å²) < 4.78 is 0. The van der Waals surface area contributed by atoms with E-state index in [4.69, 9.17) is 28.9 Å². The summed E-state index contributed by atoms with van der Waals surface area (Å²) in [6, 6.07) is 5.58. The predicted octanol–water partition coefficient (Wildman–Crippen LogP) is 4.16. The topological polar surface area (TPSA) is 26.0 Å². The summed E-state index contributed by atoms with van der Waals surface area (Å²) in [6.07, 6.45) is 0.862. The van der Waals surface area contributed by atoms with Gasteiger partial charge in [0.1, 0.15) is 0 Å². The number of rotatable bonds is 4.